The van der Waals surface area contributed by atoms with Gasteiger partial charge in [0.2, 0.25) is 0 Å². The normalized spacial score (nSPS) is 13.8. The summed E-state index contributed by atoms with van der Waals surface area (Å²) in [5, 5.41) is 23.5. The first-order valence-electron chi connectivity index (χ1n) is 6.47. The number of nitrogens with one attached hydrogen (secondary N) is 1. The van der Waals surface area contributed by atoms with Gasteiger partial charge in [0.15, 0.2) is 0 Å². The van der Waals surface area contributed by atoms with E-state index in [2.05, 4.69) is 5.32 Å². The SMILES string of the molecule is CC(C)CC(C)(O)CNC(=O)c1ccccc1[N+](=O)[O-]. The lowest BCUT2D eigenvalue weighted by atomic mass is 9.94. The third-order valence-electron chi connectivity index (χ3n) is 2.82. The van der Waals surface area contributed by atoms with E-state index in [4.69, 9.17) is 0 Å². The number of benzene rings is 1. The second kappa shape index (κ2) is 6.47. The summed E-state index contributed by atoms with van der Waals surface area (Å²) in [6.45, 7) is 5.62. The molecule has 0 heterocycles. The molecule has 20 heavy (non-hydrogen) atoms. The molecule has 1 unspecified atom stereocenters. The van der Waals surface area contributed by atoms with Crippen LogP contribution in [0.1, 0.15) is 37.6 Å². The zero-order valence-corrected chi connectivity index (χ0v) is 11.9. The van der Waals surface area contributed by atoms with E-state index in [1.54, 1.807) is 13.0 Å². The molecule has 2 N–H and O–H groups in total. The smallest absolute Gasteiger partial charge is 0.282 e. The van der Waals surface area contributed by atoms with Gasteiger partial charge in [0.1, 0.15) is 5.56 Å². The molecular formula is C14H20N2O4. The van der Waals surface area contributed by atoms with E-state index in [0.717, 1.165) is 0 Å². The summed E-state index contributed by atoms with van der Waals surface area (Å²) in [7, 11) is 0. The molecule has 1 rings (SSSR count). The lowest BCUT2D eigenvalue weighted by molar-refractivity contribution is -0.385. The molecule has 0 aromatic heterocycles. The number of nitro benzene ring substituents is 1. The monoisotopic (exact) mass is 280 g/mol. The van der Waals surface area contributed by atoms with Crippen LogP contribution in [0.25, 0.3) is 0 Å². The van der Waals surface area contributed by atoms with Crippen LogP contribution in [0.4, 0.5) is 5.69 Å². The molecule has 6 nitrogen and oxygen atoms in total. The summed E-state index contributed by atoms with van der Waals surface area (Å²) in [5.41, 5.74) is -1.28. The first-order chi connectivity index (χ1) is 9.23. The third kappa shape index (κ3) is 4.62. The van der Waals surface area contributed by atoms with E-state index in [0.29, 0.717) is 6.42 Å². The third-order valence-corrected chi connectivity index (χ3v) is 2.82. The van der Waals surface area contributed by atoms with Crippen molar-refractivity contribution in [3.63, 3.8) is 0 Å². The fourth-order valence-corrected chi connectivity index (χ4v) is 2.14. The first-order valence-corrected chi connectivity index (χ1v) is 6.47. The maximum absolute atomic E-state index is 12.0. The Labute approximate surface area is 118 Å². The van der Waals surface area contributed by atoms with Crippen LogP contribution in [0.5, 0.6) is 0 Å². The number of amides is 1. The number of carbonyl (C=O) groups is 1. The Morgan fingerprint density at radius 3 is 2.60 bits per heavy atom. The molecule has 0 aliphatic carbocycles. The van der Waals surface area contributed by atoms with Gasteiger partial charge in [0, 0.05) is 12.6 Å². The summed E-state index contributed by atoms with van der Waals surface area (Å²) < 4.78 is 0. The van der Waals surface area contributed by atoms with Crippen LogP contribution < -0.4 is 5.32 Å². The molecule has 0 saturated heterocycles. The second-order valence-corrected chi connectivity index (χ2v) is 5.55. The van der Waals surface area contributed by atoms with Crippen molar-refractivity contribution in [3.8, 4) is 0 Å². The molecule has 1 aromatic rings. The summed E-state index contributed by atoms with van der Waals surface area (Å²) in [5.74, 6) is -0.269. The van der Waals surface area contributed by atoms with E-state index in [-0.39, 0.29) is 23.7 Å². The van der Waals surface area contributed by atoms with Gasteiger partial charge < -0.3 is 10.4 Å². The van der Waals surface area contributed by atoms with Crippen molar-refractivity contribution in [2.24, 2.45) is 5.92 Å². The Balaban J connectivity index is 2.75. The minimum atomic E-state index is -1.03. The highest BCUT2D eigenvalue weighted by molar-refractivity contribution is 5.98. The molecular weight excluding hydrogens is 260 g/mol. The Kier molecular flexibility index (Phi) is 5.21. The fraction of sp³-hybridized carbons (Fsp3) is 0.500. The van der Waals surface area contributed by atoms with E-state index in [1.807, 2.05) is 13.8 Å². The molecule has 0 bridgehead atoms. The van der Waals surface area contributed by atoms with Crippen molar-refractivity contribution >= 4 is 11.6 Å². The molecule has 1 aromatic carbocycles. The van der Waals surface area contributed by atoms with Crippen molar-refractivity contribution in [1.29, 1.82) is 0 Å². The molecule has 1 amide bonds. The standard InChI is InChI=1S/C14H20N2O4/c1-10(2)8-14(3,18)9-15-13(17)11-6-4-5-7-12(11)16(19)20/h4-7,10,18H,8-9H2,1-3H3,(H,15,17). The van der Waals surface area contributed by atoms with Crippen LogP contribution in [0, 0.1) is 16.0 Å². The largest absolute Gasteiger partial charge is 0.388 e. The lowest BCUT2D eigenvalue weighted by Crippen LogP contribution is -2.41. The molecule has 110 valence electrons. The quantitative estimate of drug-likeness (QED) is 0.616. The Morgan fingerprint density at radius 1 is 1.45 bits per heavy atom. The van der Waals surface area contributed by atoms with Gasteiger partial charge in [0.25, 0.3) is 11.6 Å². The Hall–Kier alpha value is -1.95. The van der Waals surface area contributed by atoms with Crippen LogP contribution in [0.3, 0.4) is 0 Å². The van der Waals surface area contributed by atoms with Crippen molar-refractivity contribution in [2.75, 3.05) is 6.54 Å². The lowest BCUT2D eigenvalue weighted by Gasteiger charge is -2.25. The predicted octanol–water partition coefficient (Wildman–Crippen LogP) is 2.12. The highest BCUT2D eigenvalue weighted by atomic mass is 16.6. The average Bonchev–Trinajstić information content (AvgIpc) is 2.34. The zero-order valence-electron chi connectivity index (χ0n) is 11.9. The Bertz CT molecular complexity index is 498. The number of nitro groups is 1. The number of hydrogen-bond acceptors (Lipinski definition) is 4. The molecule has 1 atom stereocenters. The molecule has 6 heteroatoms. The van der Waals surface area contributed by atoms with Crippen molar-refractivity contribution in [3.05, 3.63) is 39.9 Å². The second-order valence-electron chi connectivity index (χ2n) is 5.55. The molecule has 0 radical (unpaired) electrons. The van der Waals surface area contributed by atoms with Gasteiger partial charge in [-0.15, -0.1) is 0 Å². The van der Waals surface area contributed by atoms with Gasteiger partial charge >= 0.3 is 0 Å². The minimum Gasteiger partial charge on any atom is -0.388 e. The molecule has 0 saturated carbocycles. The molecule has 0 spiro atoms. The van der Waals surface area contributed by atoms with Crippen LogP contribution >= 0.6 is 0 Å². The number of para-hydroxylation sites is 1. The number of nitrogens with zero attached hydrogens (tertiary/aromatic N) is 1. The minimum absolute atomic E-state index is 0.00199. The maximum atomic E-state index is 12.0. The number of hydrogen-bond donors (Lipinski definition) is 2. The van der Waals surface area contributed by atoms with Gasteiger partial charge in [-0.1, -0.05) is 26.0 Å². The highest BCUT2D eigenvalue weighted by Gasteiger charge is 2.25. The van der Waals surface area contributed by atoms with Crippen molar-refractivity contribution in [2.45, 2.75) is 32.8 Å². The van der Waals surface area contributed by atoms with E-state index >= 15 is 0 Å². The molecule has 0 aliphatic heterocycles. The summed E-state index contributed by atoms with van der Waals surface area (Å²) >= 11 is 0. The first kappa shape index (κ1) is 16.1. The van der Waals surface area contributed by atoms with E-state index < -0.39 is 16.4 Å². The fourth-order valence-electron chi connectivity index (χ4n) is 2.14. The van der Waals surface area contributed by atoms with Crippen LogP contribution in [0.2, 0.25) is 0 Å². The van der Waals surface area contributed by atoms with Crippen LogP contribution in [-0.4, -0.2) is 28.1 Å². The average molecular weight is 280 g/mol. The van der Waals surface area contributed by atoms with Gasteiger partial charge in [-0.25, -0.2) is 0 Å². The molecule has 0 fully saturated rings. The van der Waals surface area contributed by atoms with Crippen LogP contribution in [0.15, 0.2) is 24.3 Å². The predicted molar refractivity (Wildman–Crippen MR) is 75.5 cm³/mol. The maximum Gasteiger partial charge on any atom is 0.282 e. The number of carbonyl (C=O) groups excluding carboxylic acids is 1. The summed E-state index contributed by atoms with van der Waals surface area (Å²) in [6.07, 6.45) is 0.532. The van der Waals surface area contributed by atoms with Crippen molar-refractivity contribution in [1.82, 2.24) is 5.32 Å². The number of aliphatic hydroxyl groups is 1. The summed E-state index contributed by atoms with van der Waals surface area (Å²) in [6, 6.07) is 5.74. The van der Waals surface area contributed by atoms with Gasteiger partial charge in [0.05, 0.1) is 10.5 Å². The highest BCUT2D eigenvalue weighted by Crippen LogP contribution is 2.19. The Morgan fingerprint density at radius 2 is 2.05 bits per heavy atom. The number of rotatable bonds is 6. The van der Waals surface area contributed by atoms with Crippen LogP contribution in [-0.2, 0) is 0 Å². The van der Waals surface area contributed by atoms with Crippen molar-refractivity contribution < 1.29 is 14.8 Å². The topological polar surface area (TPSA) is 92.5 Å². The van der Waals surface area contributed by atoms with Gasteiger partial charge in [-0.3, -0.25) is 14.9 Å². The van der Waals surface area contributed by atoms with E-state index in [1.165, 1.54) is 18.2 Å². The summed E-state index contributed by atoms with van der Waals surface area (Å²) in [4.78, 5) is 22.2. The zero-order chi connectivity index (χ0) is 15.3. The van der Waals surface area contributed by atoms with E-state index in [9.17, 15) is 20.0 Å². The van der Waals surface area contributed by atoms with Gasteiger partial charge in [-0.2, -0.15) is 0 Å². The molecule has 0 aliphatic rings. The van der Waals surface area contributed by atoms with Gasteiger partial charge in [-0.05, 0) is 25.3 Å².